The molecule has 310 valence electrons. The van der Waals surface area contributed by atoms with Crippen molar-refractivity contribution < 1.29 is 0 Å². The smallest absolute Gasteiger partial charge is 0.0465 e. The second-order valence-corrected chi connectivity index (χ2v) is 17.7. The Hall–Kier alpha value is -7.94. The molecule has 0 unspecified atom stereocenters. The van der Waals surface area contributed by atoms with E-state index in [9.17, 15) is 0 Å². The highest BCUT2D eigenvalue weighted by Crippen LogP contribution is 2.59. The zero-order valence-electron chi connectivity index (χ0n) is 36.3. The van der Waals surface area contributed by atoms with Crippen LogP contribution in [0.25, 0.3) is 55.3 Å². The van der Waals surface area contributed by atoms with Crippen molar-refractivity contribution in [3.63, 3.8) is 0 Å². The van der Waals surface area contributed by atoms with E-state index in [-0.39, 0.29) is 5.41 Å². The third-order valence-electron chi connectivity index (χ3n) is 14.0. The number of benzene rings is 10. The summed E-state index contributed by atoms with van der Waals surface area (Å²) in [5.41, 5.74) is 19.9. The van der Waals surface area contributed by atoms with Gasteiger partial charge in [0.15, 0.2) is 0 Å². The van der Waals surface area contributed by atoms with Gasteiger partial charge >= 0.3 is 0 Å². The minimum Gasteiger partial charge on any atom is -0.311 e. The fourth-order valence-electron chi connectivity index (χ4n) is 10.9. The van der Waals surface area contributed by atoms with Crippen LogP contribution in [0.15, 0.2) is 243 Å². The molecule has 0 N–H and O–H groups in total. The molecule has 0 bridgehead atoms. The van der Waals surface area contributed by atoms with Gasteiger partial charge in [0.1, 0.15) is 0 Å². The van der Waals surface area contributed by atoms with Crippen molar-refractivity contribution in [2.75, 3.05) is 9.80 Å². The molecule has 2 aliphatic rings. The summed E-state index contributed by atoms with van der Waals surface area (Å²) in [4.78, 5) is 4.78. The van der Waals surface area contributed by atoms with E-state index in [0.717, 1.165) is 28.4 Å². The highest BCUT2D eigenvalue weighted by molar-refractivity contribution is 6.03. The molecule has 0 heterocycles. The number of para-hydroxylation sites is 1. The van der Waals surface area contributed by atoms with Crippen molar-refractivity contribution >= 4 is 44.9 Å². The highest BCUT2D eigenvalue weighted by atomic mass is 15.1. The minimum atomic E-state index is 0.0654. The Morgan fingerprint density at radius 1 is 0.292 bits per heavy atom. The number of anilines is 6. The number of nitrogens with zero attached hydrogens (tertiary/aromatic N) is 2. The molecule has 10 aromatic carbocycles. The van der Waals surface area contributed by atoms with Crippen LogP contribution in [-0.2, 0) is 5.41 Å². The van der Waals surface area contributed by atoms with Gasteiger partial charge in [0.25, 0.3) is 0 Å². The van der Waals surface area contributed by atoms with E-state index in [1.54, 1.807) is 0 Å². The fraction of sp³-hybridized carbons (Fsp3) is 0.0794. The van der Waals surface area contributed by atoms with Crippen LogP contribution < -0.4 is 9.80 Å². The van der Waals surface area contributed by atoms with Crippen LogP contribution in [0.4, 0.5) is 34.1 Å². The summed E-state index contributed by atoms with van der Waals surface area (Å²) in [7, 11) is 0. The van der Waals surface area contributed by atoms with Gasteiger partial charge in [-0.05, 0) is 152 Å². The molecule has 2 heteroatoms. The molecule has 0 radical (unpaired) electrons. The van der Waals surface area contributed by atoms with Gasteiger partial charge in [-0.3, -0.25) is 0 Å². The molecule has 12 rings (SSSR count). The van der Waals surface area contributed by atoms with Gasteiger partial charge in [0.05, 0.1) is 0 Å². The Morgan fingerprint density at radius 2 is 0.677 bits per heavy atom. The lowest BCUT2D eigenvalue weighted by molar-refractivity contribution is 0.550. The van der Waals surface area contributed by atoms with Gasteiger partial charge < -0.3 is 9.80 Å². The molecule has 0 atom stereocenters. The summed E-state index contributed by atoms with van der Waals surface area (Å²) in [6.45, 7) is 0. The van der Waals surface area contributed by atoms with Crippen molar-refractivity contribution in [2.24, 2.45) is 0 Å². The quantitative estimate of drug-likeness (QED) is 0.143. The first-order valence-electron chi connectivity index (χ1n) is 23.0. The first-order chi connectivity index (χ1) is 32.2. The van der Waals surface area contributed by atoms with E-state index in [1.165, 1.54) is 97.8 Å². The summed E-state index contributed by atoms with van der Waals surface area (Å²) in [6, 6.07) is 88.9. The topological polar surface area (TPSA) is 6.48 Å². The molecule has 10 aromatic rings. The molecule has 2 nitrogen and oxygen atoms in total. The van der Waals surface area contributed by atoms with Crippen molar-refractivity contribution in [2.45, 2.75) is 31.1 Å². The van der Waals surface area contributed by atoms with Crippen LogP contribution in [-0.4, -0.2) is 0 Å². The average molecular weight is 833 g/mol. The van der Waals surface area contributed by atoms with Crippen LogP contribution in [0.5, 0.6) is 0 Å². The maximum absolute atomic E-state index is 2.52. The standard InChI is InChI=1S/C63H48N2/c1-4-14-45(15-5-1)47-22-31-53(32-23-47)64(54-33-24-48(25-34-54)46-16-6-2-7-17-46)55-35-26-49(27-36-55)50-28-37-56(38-29-50)65(52-19-8-3-9-20-52)57-39-40-59-61(44-57)63(42-12-13-43-63)60-41-30-51-18-10-11-21-58(51)62(59)60/h1-11,14-41,44H,12-13,42-43H2. The van der Waals surface area contributed by atoms with E-state index in [1.807, 2.05) is 0 Å². The second kappa shape index (κ2) is 16.3. The van der Waals surface area contributed by atoms with Crippen molar-refractivity contribution in [1.29, 1.82) is 0 Å². The summed E-state index contributed by atoms with van der Waals surface area (Å²) >= 11 is 0. The third kappa shape index (κ3) is 6.90. The lowest BCUT2D eigenvalue weighted by Crippen LogP contribution is -2.21. The number of fused-ring (bicyclic) bond motifs is 7. The molecular weight excluding hydrogens is 785 g/mol. The van der Waals surface area contributed by atoms with Crippen LogP contribution in [0, 0.1) is 0 Å². The fourth-order valence-corrected chi connectivity index (χ4v) is 10.9. The Kier molecular flexibility index (Phi) is 9.72. The lowest BCUT2D eigenvalue weighted by atomic mass is 9.76. The molecule has 0 saturated heterocycles. The summed E-state index contributed by atoms with van der Waals surface area (Å²) < 4.78 is 0. The first kappa shape index (κ1) is 38.7. The van der Waals surface area contributed by atoms with Crippen LogP contribution in [0.2, 0.25) is 0 Å². The molecule has 1 spiro atoms. The number of hydrogen-bond donors (Lipinski definition) is 0. The van der Waals surface area contributed by atoms with Gasteiger partial charge in [0, 0.05) is 39.5 Å². The molecular formula is C63H48N2. The predicted molar refractivity (Wildman–Crippen MR) is 274 cm³/mol. The van der Waals surface area contributed by atoms with Gasteiger partial charge in [-0.15, -0.1) is 0 Å². The lowest BCUT2D eigenvalue weighted by Gasteiger charge is -2.30. The van der Waals surface area contributed by atoms with E-state index in [4.69, 9.17) is 0 Å². The largest absolute Gasteiger partial charge is 0.311 e. The molecule has 1 saturated carbocycles. The van der Waals surface area contributed by atoms with E-state index in [0.29, 0.717) is 0 Å². The number of rotatable bonds is 9. The molecule has 0 aliphatic heterocycles. The van der Waals surface area contributed by atoms with Crippen molar-refractivity contribution in [3.05, 3.63) is 254 Å². The Labute approximate surface area is 382 Å². The van der Waals surface area contributed by atoms with Crippen molar-refractivity contribution in [1.82, 2.24) is 0 Å². The van der Waals surface area contributed by atoms with Crippen molar-refractivity contribution in [3.8, 4) is 44.5 Å². The Bertz CT molecular complexity index is 3180. The van der Waals surface area contributed by atoms with Crippen LogP contribution in [0.3, 0.4) is 0 Å². The van der Waals surface area contributed by atoms with Gasteiger partial charge in [-0.25, -0.2) is 0 Å². The molecule has 1 fully saturated rings. The zero-order valence-corrected chi connectivity index (χ0v) is 36.3. The van der Waals surface area contributed by atoms with E-state index >= 15 is 0 Å². The predicted octanol–water partition coefficient (Wildman–Crippen LogP) is 17.6. The van der Waals surface area contributed by atoms with E-state index < -0.39 is 0 Å². The Morgan fingerprint density at radius 3 is 1.17 bits per heavy atom. The minimum absolute atomic E-state index is 0.0654. The normalized spacial score (nSPS) is 13.4. The monoisotopic (exact) mass is 832 g/mol. The third-order valence-corrected chi connectivity index (χ3v) is 14.0. The molecule has 65 heavy (non-hydrogen) atoms. The maximum atomic E-state index is 2.52. The molecule has 0 amide bonds. The van der Waals surface area contributed by atoms with Gasteiger partial charge in [-0.2, -0.15) is 0 Å². The van der Waals surface area contributed by atoms with Crippen LogP contribution >= 0.6 is 0 Å². The molecule has 2 aliphatic carbocycles. The molecule has 0 aromatic heterocycles. The summed E-state index contributed by atoms with van der Waals surface area (Å²) in [5.74, 6) is 0. The first-order valence-corrected chi connectivity index (χ1v) is 23.0. The Balaban J connectivity index is 0.880. The zero-order chi connectivity index (χ0) is 43.2. The summed E-state index contributed by atoms with van der Waals surface area (Å²) in [6.07, 6.45) is 4.93. The number of hydrogen-bond acceptors (Lipinski definition) is 2. The van der Waals surface area contributed by atoms with E-state index in [2.05, 4.69) is 252 Å². The van der Waals surface area contributed by atoms with Gasteiger partial charge in [0.2, 0.25) is 0 Å². The summed E-state index contributed by atoms with van der Waals surface area (Å²) in [5, 5.41) is 2.69. The highest BCUT2D eigenvalue weighted by Gasteiger charge is 2.45. The average Bonchev–Trinajstić information content (AvgIpc) is 3.99. The van der Waals surface area contributed by atoms with Gasteiger partial charge in [-0.1, -0.05) is 183 Å². The van der Waals surface area contributed by atoms with Crippen LogP contribution in [0.1, 0.15) is 36.8 Å². The SMILES string of the molecule is c1ccc(-c2ccc(N(c3ccc(-c4ccccc4)cc3)c3ccc(-c4ccc(N(c5ccccc5)c5ccc6c(c5)C5(CCCC5)c5ccc7ccccc7c5-6)cc4)cc3)cc2)cc1. The maximum Gasteiger partial charge on any atom is 0.0465 e. The second-order valence-electron chi connectivity index (χ2n) is 17.7.